The number of nitrogens with zero attached hydrogens (tertiary/aromatic N) is 4. The number of hydrogen-bond acceptors (Lipinski definition) is 4. The van der Waals surface area contributed by atoms with Gasteiger partial charge in [0, 0.05) is 32.5 Å². The Morgan fingerprint density at radius 2 is 2.19 bits per heavy atom. The van der Waals surface area contributed by atoms with Gasteiger partial charge in [0.05, 0.1) is 10.6 Å². The Bertz CT molecular complexity index is 999. The first kappa shape index (κ1) is 17.0. The van der Waals surface area contributed by atoms with Gasteiger partial charge in [0.2, 0.25) is 5.65 Å². The molecule has 1 aliphatic rings. The van der Waals surface area contributed by atoms with Crippen LogP contribution in [0.3, 0.4) is 0 Å². The van der Waals surface area contributed by atoms with Crippen molar-refractivity contribution in [3.63, 3.8) is 0 Å². The van der Waals surface area contributed by atoms with Gasteiger partial charge in [-0.25, -0.2) is 4.98 Å². The van der Waals surface area contributed by atoms with Crippen molar-refractivity contribution < 1.29 is 4.79 Å². The molecule has 0 radical (unpaired) electrons. The highest BCUT2D eigenvalue weighted by atomic mass is 32.1. The largest absolute Gasteiger partial charge is 0.340 e. The van der Waals surface area contributed by atoms with E-state index in [2.05, 4.69) is 4.98 Å². The molecule has 1 amide bonds. The van der Waals surface area contributed by atoms with E-state index in [0.717, 1.165) is 17.0 Å². The van der Waals surface area contributed by atoms with E-state index >= 15 is 0 Å². The Kier molecular flexibility index (Phi) is 4.40. The fraction of sp³-hybridized carbons (Fsp3) is 0.421. The van der Waals surface area contributed by atoms with E-state index in [4.69, 9.17) is 0 Å². The molecule has 26 heavy (non-hydrogen) atoms. The van der Waals surface area contributed by atoms with E-state index in [-0.39, 0.29) is 11.5 Å². The van der Waals surface area contributed by atoms with Crippen LogP contribution in [0.2, 0.25) is 0 Å². The predicted molar refractivity (Wildman–Crippen MR) is 103 cm³/mol. The van der Waals surface area contributed by atoms with Crippen molar-refractivity contribution in [2.75, 3.05) is 13.6 Å². The standard InChI is InChI=1S/C19H22N4O2S/c1-3-8-21(2)18(24)14-11-22-12-15(16-5-4-9-26-16)23(10-13-6-7-13)19(25)17(22)20-14/h4-5,9,11-13H,3,6-8,10H2,1-2H3. The Morgan fingerprint density at radius 3 is 2.85 bits per heavy atom. The second kappa shape index (κ2) is 6.72. The molecule has 7 heteroatoms. The van der Waals surface area contributed by atoms with Gasteiger partial charge in [-0.15, -0.1) is 11.3 Å². The number of thiophene rings is 1. The zero-order valence-electron chi connectivity index (χ0n) is 15.0. The molecule has 3 aromatic heterocycles. The predicted octanol–water partition coefficient (Wildman–Crippen LogP) is 3.12. The Hall–Kier alpha value is -2.41. The summed E-state index contributed by atoms with van der Waals surface area (Å²) in [5.41, 5.74) is 1.40. The van der Waals surface area contributed by atoms with Crippen LogP contribution >= 0.6 is 11.3 Å². The molecule has 0 N–H and O–H groups in total. The molecule has 0 aromatic carbocycles. The number of fused-ring (bicyclic) bond motifs is 1. The van der Waals surface area contributed by atoms with Crippen LogP contribution in [0.15, 0.2) is 34.7 Å². The minimum atomic E-state index is -0.152. The van der Waals surface area contributed by atoms with Crippen molar-refractivity contribution in [1.29, 1.82) is 0 Å². The van der Waals surface area contributed by atoms with Crippen LogP contribution in [0.1, 0.15) is 36.7 Å². The summed E-state index contributed by atoms with van der Waals surface area (Å²) in [6, 6.07) is 4.01. The molecule has 0 bridgehead atoms. The van der Waals surface area contributed by atoms with Gasteiger partial charge in [0.1, 0.15) is 5.69 Å². The van der Waals surface area contributed by atoms with Crippen LogP contribution in [-0.2, 0) is 6.54 Å². The lowest BCUT2D eigenvalue weighted by Gasteiger charge is -2.13. The Morgan fingerprint density at radius 1 is 1.38 bits per heavy atom. The van der Waals surface area contributed by atoms with Gasteiger partial charge in [-0.2, -0.15) is 0 Å². The van der Waals surface area contributed by atoms with Crippen LogP contribution in [0.5, 0.6) is 0 Å². The van der Waals surface area contributed by atoms with Gasteiger partial charge < -0.3 is 9.47 Å². The molecule has 4 rings (SSSR count). The van der Waals surface area contributed by atoms with Gasteiger partial charge in [-0.3, -0.25) is 14.0 Å². The number of aromatic nitrogens is 3. The van der Waals surface area contributed by atoms with Crippen LogP contribution in [0.4, 0.5) is 0 Å². The topological polar surface area (TPSA) is 59.6 Å². The maximum Gasteiger partial charge on any atom is 0.294 e. The number of carbonyl (C=O) groups is 1. The summed E-state index contributed by atoms with van der Waals surface area (Å²) in [6.07, 6.45) is 6.81. The fourth-order valence-corrected chi connectivity index (χ4v) is 3.92. The molecule has 0 atom stereocenters. The lowest BCUT2D eigenvalue weighted by molar-refractivity contribution is 0.0790. The second-order valence-corrected chi connectivity index (χ2v) is 7.88. The van der Waals surface area contributed by atoms with Crippen LogP contribution in [-0.4, -0.2) is 38.4 Å². The first-order valence-corrected chi connectivity index (χ1v) is 9.88. The summed E-state index contributed by atoms with van der Waals surface area (Å²) < 4.78 is 3.53. The number of imidazole rings is 1. The smallest absolute Gasteiger partial charge is 0.294 e. The van der Waals surface area contributed by atoms with Gasteiger partial charge >= 0.3 is 0 Å². The van der Waals surface area contributed by atoms with Crippen LogP contribution in [0, 0.1) is 5.92 Å². The van der Waals surface area contributed by atoms with Crippen molar-refractivity contribution in [2.45, 2.75) is 32.7 Å². The molecule has 0 saturated heterocycles. The molecule has 136 valence electrons. The fourth-order valence-electron chi connectivity index (χ4n) is 3.18. The molecule has 1 fully saturated rings. The van der Waals surface area contributed by atoms with Crippen LogP contribution < -0.4 is 5.56 Å². The highest BCUT2D eigenvalue weighted by molar-refractivity contribution is 7.13. The number of amides is 1. The molecule has 1 saturated carbocycles. The van der Waals surface area contributed by atoms with E-state index in [1.54, 1.807) is 33.9 Å². The summed E-state index contributed by atoms with van der Waals surface area (Å²) >= 11 is 1.61. The zero-order valence-corrected chi connectivity index (χ0v) is 15.8. The Balaban J connectivity index is 1.83. The minimum Gasteiger partial charge on any atom is -0.340 e. The van der Waals surface area contributed by atoms with Crippen molar-refractivity contribution in [2.24, 2.45) is 5.92 Å². The second-order valence-electron chi connectivity index (χ2n) is 6.93. The third-order valence-corrected chi connectivity index (χ3v) is 5.65. The van der Waals surface area contributed by atoms with Gasteiger partial charge in [-0.05, 0) is 36.6 Å². The lowest BCUT2D eigenvalue weighted by atomic mass is 10.3. The van der Waals surface area contributed by atoms with Crippen LogP contribution in [0.25, 0.3) is 16.2 Å². The number of hydrogen-bond donors (Lipinski definition) is 0. The molecule has 0 spiro atoms. The molecular formula is C19H22N4O2S. The maximum absolute atomic E-state index is 13.1. The van der Waals surface area contributed by atoms with E-state index in [9.17, 15) is 9.59 Å². The molecule has 3 heterocycles. The molecule has 6 nitrogen and oxygen atoms in total. The molecule has 1 aliphatic carbocycles. The molecular weight excluding hydrogens is 348 g/mol. The van der Waals surface area contributed by atoms with Crippen molar-refractivity contribution in [1.82, 2.24) is 18.9 Å². The number of rotatable bonds is 6. The van der Waals surface area contributed by atoms with Gasteiger partial charge in [-0.1, -0.05) is 13.0 Å². The molecule has 0 unspecified atom stereocenters. The lowest BCUT2D eigenvalue weighted by Crippen LogP contribution is -2.27. The summed E-state index contributed by atoms with van der Waals surface area (Å²) in [4.78, 5) is 32.7. The summed E-state index contributed by atoms with van der Waals surface area (Å²) in [5, 5.41) is 2.01. The monoisotopic (exact) mass is 370 g/mol. The van der Waals surface area contributed by atoms with E-state index in [1.165, 1.54) is 12.8 Å². The van der Waals surface area contributed by atoms with E-state index in [1.807, 2.05) is 35.2 Å². The van der Waals surface area contributed by atoms with E-state index in [0.29, 0.717) is 30.3 Å². The third-order valence-electron chi connectivity index (χ3n) is 4.76. The van der Waals surface area contributed by atoms with Crippen molar-refractivity contribution in [3.8, 4) is 10.6 Å². The van der Waals surface area contributed by atoms with Gasteiger partial charge in [0.25, 0.3) is 11.5 Å². The van der Waals surface area contributed by atoms with E-state index < -0.39 is 0 Å². The third kappa shape index (κ3) is 3.07. The minimum absolute atomic E-state index is 0.125. The molecule has 3 aromatic rings. The molecule has 0 aliphatic heterocycles. The first-order chi connectivity index (χ1) is 12.6. The summed E-state index contributed by atoms with van der Waals surface area (Å²) in [6.45, 7) is 3.41. The number of carbonyl (C=O) groups excluding carboxylic acids is 1. The Labute approximate surface area is 155 Å². The average molecular weight is 370 g/mol. The first-order valence-electron chi connectivity index (χ1n) is 9.00. The normalized spacial score (nSPS) is 14.1. The van der Waals surface area contributed by atoms with Crippen molar-refractivity contribution >= 4 is 22.9 Å². The summed E-state index contributed by atoms with van der Waals surface area (Å²) in [5.74, 6) is 0.419. The van der Waals surface area contributed by atoms with Crippen molar-refractivity contribution in [3.05, 3.63) is 46.0 Å². The zero-order chi connectivity index (χ0) is 18.3. The highest BCUT2D eigenvalue weighted by Gasteiger charge is 2.25. The highest BCUT2D eigenvalue weighted by Crippen LogP contribution is 2.32. The maximum atomic E-state index is 13.1. The SMILES string of the molecule is CCCN(C)C(=O)c1cn2cc(-c3cccs3)n(CC3CC3)c(=O)c2n1. The van der Waals surface area contributed by atoms with Gasteiger partial charge in [0.15, 0.2) is 0 Å². The average Bonchev–Trinajstić information content (AvgIpc) is 3.11. The quantitative estimate of drug-likeness (QED) is 0.670. The summed E-state index contributed by atoms with van der Waals surface area (Å²) in [7, 11) is 1.76.